The van der Waals surface area contributed by atoms with Gasteiger partial charge < -0.3 is 15.2 Å². The van der Waals surface area contributed by atoms with Gasteiger partial charge in [-0.25, -0.2) is 9.59 Å². The Morgan fingerprint density at radius 2 is 1.62 bits per heavy atom. The zero-order chi connectivity index (χ0) is 21.0. The number of hydrogen-bond acceptors (Lipinski definition) is 3. The van der Waals surface area contributed by atoms with E-state index in [0.29, 0.717) is 0 Å². The summed E-state index contributed by atoms with van der Waals surface area (Å²) < 4.78 is 5.41. The number of benzene rings is 2. The third-order valence-electron chi connectivity index (χ3n) is 4.70. The molecule has 0 bridgehead atoms. The van der Waals surface area contributed by atoms with E-state index in [1.165, 1.54) is 0 Å². The molecule has 2 N–H and O–H groups in total. The number of carbonyl (C=O) groups is 2. The van der Waals surface area contributed by atoms with E-state index in [2.05, 4.69) is 29.3 Å². The number of aliphatic carboxylic acids is 1. The van der Waals surface area contributed by atoms with Crippen LogP contribution in [0.4, 0.5) is 4.79 Å². The SMILES string of the molecule is CC(C)(C)C#CCC(NC(=O)OCC1c2ccccc2-c2ccccc21)C(=O)O. The van der Waals surface area contributed by atoms with E-state index in [0.717, 1.165) is 22.3 Å². The molecular formula is C24H25NO4. The van der Waals surface area contributed by atoms with Gasteiger partial charge in [-0.1, -0.05) is 60.4 Å². The minimum atomic E-state index is -1.14. The van der Waals surface area contributed by atoms with Gasteiger partial charge in [0.2, 0.25) is 0 Å². The Balaban J connectivity index is 1.66. The molecule has 0 fully saturated rings. The van der Waals surface area contributed by atoms with E-state index in [1.807, 2.05) is 57.2 Å². The van der Waals surface area contributed by atoms with Crippen LogP contribution >= 0.6 is 0 Å². The van der Waals surface area contributed by atoms with Crippen LogP contribution in [0.15, 0.2) is 48.5 Å². The van der Waals surface area contributed by atoms with Crippen LogP contribution in [0, 0.1) is 17.3 Å². The van der Waals surface area contributed by atoms with Crippen LogP contribution in [-0.2, 0) is 9.53 Å². The number of fused-ring (bicyclic) bond motifs is 3. The van der Waals surface area contributed by atoms with Gasteiger partial charge in [-0.2, -0.15) is 0 Å². The molecule has 1 amide bonds. The second kappa shape index (κ2) is 8.40. The molecule has 5 heteroatoms. The van der Waals surface area contributed by atoms with Gasteiger partial charge in [-0.15, -0.1) is 0 Å². The predicted octanol–water partition coefficient (Wildman–Crippen LogP) is 4.42. The lowest BCUT2D eigenvalue weighted by Crippen LogP contribution is -2.41. The van der Waals surface area contributed by atoms with Crippen molar-refractivity contribution in [3.8, 4) is 23.0 Å². The molecule has 2 aromatic rings. The number of rotatable bonds is 5. The fourth-order valence-corrected chi connectivity index (χ4v) is 3.40. The topological polar surface area (TPSA) is 75.6 Å². The Bertz CT molecular complexity index is 933. The van der Waals surface area contributed by atoms with Crippen molar-refractivity contribution in [2.75, 3.05) is 6.61 Å². The second-order valence-electron chi connectivity index (χ2n) is 8.12. The van der Waals surface area contributed by atoms with Crippen molar-refractivity contribution in [1.29, 1.82) is 0 Å². The summed E-state index contributed by atoms with van der Waals surface area (Å²) in [6.07, 6.45) is -0.728. The van der Waals surface area contributed by atoms with Gasteiger partial charge in [0.25, 0.3) is 0 Å². The maximum absolute atomic E-state index is 12.3. The highest BCUT2D eigenvalue weighted by Gasteiger charge is 2.29. The standard InChI is InChI=1S/C24H25NO4/c1-24(2,3)14-8-13-21(22(26)27)25-23(28)29-15-20-18-11-6-4-9-16(18)17-10-5-7-12-19(17)20/h4-7,9-12,20-21H,13,15H2,1-3H3,(H,25,28)(H,26,27). The number of alkyl carbamates (subject to hydrolysis) is 1. The Morgan fingerprint density at radius 3 is 2.14 bits per heavy atom. The van der Waals surface area contributed by atoms with E-state index in [-0.39, 0.29) is 24.4 Å². The minimum absolute atomic E-state index is 0.0246. The van der Waals surface area contributed by atoms with E-state index in [4.69, 9.17) is 4.74 Å². The summed E-state index contributed by atoms with van der Waals surface area (Å²) in [6.45, 7) is 5.96. The van der Waals surface area contributed by atoms with Crippen LogP contribution in [0.5, 0.6) is 0 Å². The molecule has 1 aliphatic carbocycles. The molecule has 3 rings (SSSR count). The Labute approximate surface area is 171 Å². The Hall–Kier alpha value is -3.26. The van der Waals surface area contributed by atoms with Gasteiger partial charge in [0.1, 0.15) is 12.6 Å². The number of hydrogen-bond donors (Lipinski definition) is 2. The highest BCUT2D eigenvalue weighted by Crippen LogP contribution is 2.44. The van der Waals surface area contributed by atoms with Crippen molar-refractivity contribution in [3.63, 3.8) is 0 Å². The zero-order valence-corrected chi connectivity index (χ0v) is 16.9. The summed E-state index contributed by atoms with van der Waals surface area (Å²) in [5.74, 6) is 4.60. The molecule has 1 aliphatic rings. The molecular weight excluding hydrogens is 366 g/mol. The molecule has 0 spiro atoms. The molecule has 0 heterocycles. The molecule has 0 aromatic heterocycles. The van der Waals surface area contributed by atoms with Crippen LogP contribution < -0.4 is 5.32 Å². The van der Waals surface area contributed by atoms with Crippen LogP contribution in [0.3, 0.4) is 0 Å². The number of carboxylic acids is 1. The fraction of sp³-hybridized carbons (Fsp3) is 0.333. The van der Waals surface area contributed by atoms with Crippen LogP contribution in [-0.4, -0.2) is 29.8 Å². The summed E-state index contributed by atoms with van der Waals surface area (Å²) in [5, 5.41) is 11.8. The molecule has 2 aromatic carbocycles. The fourth-order valence-electron chi connectivity index (χ4n) is 3.40. The van der Waals surface area contributed by atoms with Crippen molar-refractivity contribution in [3.05, 3.63) is 59.7 Å². The number of carbonyl (C=O) groups excluding carboxylic acids is 1. The minimum Gasteiger partial charge on any atom is -0.480 e. The lowest BCUT2D eigenvalue weighted by Gasteiger charge is -2.16. The van der Waals surface area contributed by atoms with E-state index < -0.39 is 18.1 Å². The molecule has 0 saturated heterocycles. The smallest absolute Gasteiger partial charge is 0.407 e. The summed E-state index contributed by atoms with van der Waals surface area (Å²) in [4.78, 5) is 23.7. The Kier molecular flexibility index (Phi) is 5.93. The quantitative estimate of drug-likeness (QED) is 0.740. The van der Waals surface area contributed by atoms with Crippen molar-refractivity contribution in [1.82, 2.24) is 5.32 Å². The van der Waals surface area contributed by atoms with Gasteiger partial charge in [-0.3, -0.25) is 0 Å². The normalized spacial score (nSPS) is 13.5. The van der Waals surface area contributed by atoms with Crippen molar-refractivity contribution in [2.45, 2.75) is 39.2 Å². The first-order valence-electron chi connectivity index (χ1n) is 9.60. The highest BCUT2D eigenvalue weighted by molar-refractivity contribution is 5.81. The van der Waals surface area contributed by atoms with Crippen molar-refractivity contribution in [2.24, 2.45) is 5.41 Å². The van der Waals surface area contributed by atoms with Crippen molar-refractivity contribution >= 4 is 12.1 Å². The summed E-state index contributed by atoms with van der Waals surface area (Å²) in [5.41, 5.74) is 4.25. The third kappa shape index (κ3) is 4.97. The molecule has 29 heavy (non-hydrogen) atoms. The maximum Gasteiger partial charge on any atom is 0.407 e. The van der Waals surface area contributed by atoms with E-state index in [1.54, 1.807) is 0 Å². The summed E-state index contributed by atoms with van der Waals surface area (Å²) in [7, 11) is 0. The third-order valence-corrected chi connectivity index (χ3v) is 4.70. The lowest BCUT2D eigenvalue weighted by atomic mass is 9.97. The first-order valence-corrected chi connectivity index (χ1v) is 9.60. The van der Waals surface area contributed by atoms with Gasteiger partial charge in [0, 0.05) is 17.8 Å². The molecule has 0 saturated carbocycles. The number of nitrogens with one attached hydrogen (secondary N) is 1. The maximum atomic E-state index is 12.3. The van der Waals surface area contributed by atoms with E-state index >= 15 is 0 Å². The molecule has 0 aliphatic heterocycles. The second-order valence-corrected chi connectivity index (χ2v) is 8.12. The number of carboxylic acid groups (broad SMARTS) is 1. The molecule has 0 radical (unpaired) electrons. The number of amides is 1. The van der Waals surface area contributed by atoms with Gasteiger partial charge in [0.15, 0.2) is 0 Å². The zero-order valence-electron chi connectivity index (χ0n) is 16.9. The number of ether oxygens (including phenoxy) is 1. The van der Waals surface area contributed by atoms with Gasteiger partial charge in [-0.05, 0) is 43.0 Å². The highest BCUT2D eigenvalue weighted by atomic mass is 16.5. The summed E-state index contributed by atoms with van der Waals surface area (Å²) in [6, 6.07) is 15.0. The van der Waals surface area contributed by atoms with Crippen LogP contribution in [0.1, 0.15) is 44.2 Å². The Morgan fingerprint density at radius 1 is 1.07 bits per heavy atom. The summed E-state index contributed by atoms with van der Waals surface area (Å²) >= 11 is 0. The van der Waals surface area contributed by atoms with Crippen LogP contribution in [0.2, 0.25) is 0 Å². The average Bonchev–Trinajstić information content (AvgIpc) is 2.98. The van der Waals surface area contributed by atoms with Crippen molar-refractivity contribution < 1.29 is 19.4 Å². The predicted molar refractivity (Wildman–Crippen MR) is 111 cm³/mol. The van der Waals surface area contributed by atoms with Gasteiger partial charge >= 0.3 is 12.1 Å². The first kappa shape index (κ1) is 20.5. The first-order chi connectivity index (χ1) is 13.8. The molecule has 1 atom stereocenters. The van der Waals surface area contributed by atoms with E-state index in [9.17, 15) is 14.7 Å². The largest absolute Gasteiger partial charge is 0.480 e. The molecule has 150 valence electrons. The molecule has 1 unspecified atom stereocenters. The van der Waals surface area contributed by atoms with Gasteiger partial charge in [0.05, 0.1) is 0 Å². The van der Waals surface area contributed by atoms with Crippen LogP contribution in [0.25, 0.3) is 11.1 Å². The lowest BCUT2D eigenvalue weighted by molar-refractivity contribution is -0.139. The molecule has 5 nitrogen and oxygen atoms in total. The monoisotopic (exact) mass is 391 g/mol. The average molecular weight is 391 g/mol.